The number of allylic oxidation sites excluding steroid dienone is 1. The molecule has 1 aliphatic carbocycles. The van der Waals surface area contributed by atoms with Crippen LogP contribution in [-0.2, 0) is 0 Å². The zero-order chi connectivity index (χ0) is 8.43. The summed E-state index contributed by atoms with van der Waals surface area (Å²) in [5, 5.41) is 7.74. The molecule has 0 unspecified atom stereocenters. The zero-order valence-corrected chi connectivity index (χ0v) is 7.57. The van der Waals surface area contributed by atoms with E-state index in [0.29, 0.717) is 5.84 Å². The molecule has 0 aromatic heterocycles. The summed E-state index contributed by atoms with van der Waals surface area (Å²) in [4.78, 5) is 1.88. The van der Waals surface area contributed by atoms with Gasteiger partial charge in [0, 0.05) is 14.1 Å². The molecule has 0 aromatic rings. The van der Waals surface area contributed by atoms with Gasteiger partial charge in [-0.05, 0) is 31.8 Å². The number of likely N-dealkylation sites (N-methyl/N-ethyl adjacent to an activating group) is 1. The molecule has 0 spiro atoms. The Hall–Kier alpha value is -0.790. The minimum absolute atomic E-state index is 0.694. The highest BCUT2D eigenvalue weighted by Gasteiger charge is 2.15. The highest BCUT2D eigenvalue weighted by Crippen LogP contribution is 2.26. The lowest BCUT2D eigenvalue weighted by atomic mass is 10.1. The normalized spacial score (nSPS) is 17.4. The van der Waals surface area contributed by atoms with E-state index in [1.165, 1.54) is 24.0 Å². The predicted molar refractivity (Wildman–Crippen MR) is 48.0 cm³/mol. The van der Waals surface area contributed by atoms with Crippen molar-refractivity contribution in [3.8, 4) is 0 Å². The number of hydrogen-bond acceptors (Lipinski definition) is 1. The minimum Gasteiger partial charge on any atom is -0.363 e. The summed E-state index contributed by atoms with van der Waals surface area (Å²) in [7, 11) is 3.86. The van der Waals surface area contributed by atoms with Crippen LogP contribution in [0.4, 0.5) is 0 Å². The Bertz CT molecular complexity index is 202. The van der Waals surface area contributed by atoms with Gasteiger partial charge in [-0.2, -0.15) is 0 Å². The summed E-state index contributed by atoms with van der Waals surface area (Å²) < 4.78 is 0. The van der Waals surface area contributed by atoms with Crippen LogP contribution in [0.5, 0.6) is 0 Å². The van der Waals surface area contributed by atoms with E-state index in [1.807, 2.05) is 19.0 Å². The van der Waals surface area contributed by atoms with Gasteiger partial charge in [0.25, 0.3) is 0 Å². The van der Waals surface area contributed by atoms with Crippen LogP contribution in [0.2, 0.25) is 0 Å². The highest BCUT2D eigenvalue weighted by molar-refractivity contribution is 5.96. The van der Waals surface area contributed by atoms with Crippen molar-refractivity contribution in [3.05, 3.63) is 11.1 Å². The summed E-state index contributed by atoms with van der Waals surface area (Å²) in [6.45, 7) is 2.14. The van der Waals surface area contributed by atoms with Crippen LogP contribution in [0.25, 0.3) is 0 Å². The van der Waals surface area contributed by atoms with E-state index >= 15 is 0 Å². The van der Waals surface area contributed by atoms with Crippen LogP contribution in [0.1, 0.15) is 26.2 Å². The molecular weight excluding hydrogens is 136 g/mol. The van der Waals surface area contributed by atoms with E-state index in [4.69, 9.17) is 5.41 Å². The predicted octanol–water partition coefficient (Wildman–Crippen LogP) is 2.03. The third-order valence-electron chi connectivity index (χ3n) is 2.23. The van der Waals surface area contributed by atoms with Crippen molar-refractivity contribution < 1.29 is 0 Å². The first-order chi connectivity index (χ1) is 5.13. The molecule has 0 aliphatic heterocycles. The molecule has 0 amide bonds. The molecule has 11 heavy (non-hydrogen) atoms. The Morgan fingerprint density at radius 2 is 2.00 bits per heavy atom. The number of nitrogens with zero attached hydrogens (tertiary/aromatic N) is 1. The largest absolute Gasteiger partial charge is 0.363 e. The van der Waals surface area contributed by atoms with E-state index < -0.39 is 0 Å². The van der Waals surface area contributed by atoms with Crippen LogP contribution in [0.15, 0.2) is 11.1 Å². The molecule has 1 rings (SSSR count). The fourth-order valence-corrected chi connectivity index (χ4v) is 1.49. The first-order valence-corrected chi connectivity index (χ1v) is 4.08. The molecular formula is C9H16N2. The Morgan fingerprint density at radius 1 is 1.36 bits per heavy atom. The van der Waals surface area contributed by atoms with Gasteiger partial charge in [0.2, 0.25) is 0 Å². The van der Waals surface area contributed by atoms with Crippen LogP contribution < -0.4 is 0 Å². The van der Waals surface area contributed by atoms with Crippen LogP contribution in [-0.4, -0.2) is 24.8 Å². The maximum Gasteiger partial charge on any atom is 0.123 e. The molecule has 1 N–H and O–H groups in total. The van der Waals surface area contributed by atoms with Gasteiger partial charge in [-0.3, -0.25) is 5.41 Å². The van der Waals surface area contributed by atoms with Crippen molar-refractivity contribution in [1.82, 2.24) is 4.90 Å². The maximum atomic E-state index is 7.74. The van der Waals surface area contributed by atoms with Crippen LogP contribution in [0.3, 0.4) is 0 Å². The summed E-state index contributed by atoms with van der Waals surface area (Å²) in [6.07, 6.45) is 3.52. The van der Waals surface area contributed by atoms with Crippen molar-refractivity contribution in [2.45, 2.75) is 26.2 Å². The molecule has 2 nitrogen and oxygen atoms in total. The molecule has 1 aliphatic rings. The number of hydrogen-bond donors (Lipinski definition) is 1. The average molecular weight is 152 g/mol. The van der Waals surface area contributed by atoms with E-state index in [9.17, 15) is 0 Å². The lowest BCUT2D eigenvalue weighted by Crippen LogP contribution is -2.22. The average Bonchev–Trinajstić information content (AvgIpc) is 2.33. The van der Waals surface area contributed by atoms with Crippen LogP contribution in [0, 0.1) is 5.41 Å². The molecule has 2 heteroatoms. The summed E-state index contributed by atoms with van der Waals surface area (Å²) in [5.41, 5.74) is 2.67. The van der Waals surface area contributed by atoms with Gasteiger partial charge in [-0.15, -0.1) is 0 Å². The zero-order valence-electron chi connectivity index (χ0n) is 7.57. The number of nitrogens with one attached hydrogen (secondary N) is 1. The smallest absolute Gasteiger partial charge is 0.123 e. The Kier molecular flexibility index (Phi) is 2.32. The fourth-order valence-electron chi connectivity index (χ4n) is 1.49. The van der Waals surface area contributed by atoms with Gasteiger partial charge in [-0.25, -0.2) is 0 Å². The molecule has 0 atom stereocenters. The molecule has 0 saturated heterocycles. The standard InChI is InChI=1S/C9H16N2/c1-7-5-4-6-8(7)9(10)11(2)3/h10H,4-6H2,1-3H3. The van der Waals surface area contributed by atoms with Gasteiger partial charge in [-0.1, -0.05) is 5.57 Å². The molecule has 62 valence electrons. The van der Waals surface area contributed by atoms with Crippen molar-refractivity contribution in [2.24, 2.45) is 0 Å². The van der Waals surface area contributed by atoms with E-state index in [0.717, 1.165) is 6.42 Å². The molecule has 0 aromatic carbocycles. The van der Waals surface area contributed by atoms with Crippen LogP contribution >= 0.6 is 0 Å². The third kappa shape index (κ3) is 1.62. The highest BCUT2D eigenvalue weighted by atomic mass is 15.1. The lowest BCUT2D eigenvalue weighted by molar-refractivity contribution is 0.614. The van der Waals surface area contributed by atoms with E-state index in [1.54, 1.807) is 0 Å². The third-order valence-corrected chi connectivity index (χ3v) is 2.23. The van der Waals surface area contributed by atoms with Gasteiger partial charge in [0.15, 0.2) is 0 Å². The SMILES string of the molecule is CC1=C(C(=N)N(C)C)CCC1. The summed E-state index contributed by atoms with van der Waals surface area (Å²) in [6, 6.07) is 0. The van der Waals surface area contributed by atoms with Crippen molar-refractivity contribution in [2.75, 3.05) is 14.1 Å². The van der Waals surface area contributed by atoms with E-state index in [-0.39, 0.29) is 0 Å². The molecule has 0 heterocycles. The van der Waals surface area contributed by atoms with Gasteiger partial charge in [0.05, 0.1) is 0 Å². The second kappa shape index (κ2) is 3.07. The molecule has 0 radical (unpaired) electrons. The summed E-state index contributed by atoms with van der Waals surface area (Å²) in [5.74, 6) is 0.694. The van der Waals surface area contributed by atoms with E-state index in [2.05, 4.69) is 6.92 Å². The monoisotopic (exact) mass is 152 g/mol. The topological polar surface area (TPSA) is 27.1 Å². The second-order valence-electron chi connectivity index (χ2n) is 3.36. The van der Waals surface area contributed by atoms with Crippen molar-refractivity contribution >= 4 is 5.84 Å². The molecule has 0 bridgehead atoms. The van der Waals surface area contributed by atoms with Crippen molar-refractivity contribution in [3.63, 3.8) is 0 Å². The first kappa shape index (κ1) is 8.31. The van der Waals surface area contributed by atoms with Crippen molar-refractivity contribution in [1.29, 1.82) is 5.41 Å². The minimum atomic E-state index is 0.694. The first-order valence-electron chi connectivity index (χ1n) is 4.08. The quantitative estimate of drug-likeness (QED) is 0.451. The lowest BCUT2D eigenvalue weighted by Gasteiger charge is -2.15. The molecule has 0 saturated carbocycles. The Balaban J connectivity index is 2.74. The summed E-state index contributed by atoms with van der Waals surface area (Å²) >= 11 is 0. The number of rotatable bonds is 1. The van der Waals surface area contributed by atoms with Gasteiger partial charge >= 0.3 is 0 Å². The fraction of sp³-hybridized carbons (Fsp3) is 0.667. The second-order valence-corrected chi connectivity index (χ2v) is 3.36. The molecule has 0 fully saturated rings. The Morgan fingerprint density at radius 3 is 2.36 bits per heavy atom. The van der Waals surface area contributed by atoms with Gasteiger partial charge in [0.1, 0.15) is 5.84 Å². The van der Waals surface area contributed by atoms with Gasteiger partial charge < -0.3 is 4.90 Å². The number of amidine groups is 1. The maximum absolute atomic E-state index is 7.74. The Labute approximate surface area is 68.4 Å².